The Morgan fingerprint density at radius 3 is 2.94 bits per heavy atom. The Bertz CT molecular complexity index is 508. The molecule has 2 rings (SSSR count). The second kappa shape index (κ2) is 5.23. The van der Waals surface area contributed by atoms with Crippen molar-refractivity contribution in [1.82, 2.24) is 9.55 Å². The van der Waals surface area contributed by atoms with E-state index in [4.69, 9.17) is 16.3 Å². The molecule has 1 aromatic carbocycles. The molecule has 0 N–H and O–H groups in total. The summed E-state index contributed by atoms with van der Waals surface area (Å²) in [7, 11) is 0. The highest BCUT2D eigenvalue weighted by Crippen LogP contribution is 2.18. The molecule has 17 heavy (non-hydrogen) atoms. The number of hydrogen-bond acceptors (Lipinski definition) is 2. The van der Waals surface area contributed by atoms with Gasteiger partial charge in [0.1, 0.15) is 18.2 Å². The second-order valence-corrected chi connectivity index (χ2v) is 4.22. The molecule has 0 bridgehead atoms. The summed E-state index contributed by atoms with van der Waals surface area (Å²) < 4.78 is 7.81. The average molecular weight is 251 g/mol. The molecule has 4 heteroatoms. The summed E-state index contributed by atoms with van der Waals surface area (Å²) >= 11 is 5.89. The van der Waals surface area contributed by atoms with Crippen molar-refractivity contribution in [3.8, 4) is 5.75 Å². The van der Waals surface area contributed by atoms with Gasteiger partial charge in [-0.3, -0.25) is 0 Å². The molecule has 90 valence electrons. The van der Waals surface area contributed by atoms with Gasteiger partial charge in [-0.2, -0.15) is 0 Å². The van der Waals surface area contributed by atoms with Crippen LogP contribution in [0.25, 0.3) is 0 Å². The van der Waals surface area contributed by atoms with Crippen LogP contribution >= 0.6 is 11.6 Å². The minimum absolute atomic E-state index is 0.509. The summed E-state index contributed by atoms with van der Waals surface area (Å²) in [5, 5.41) is 0.683. The van der Waals surface area contributed by atoms with Crippen LogP contribution in [-0.2, 0) is 13.2 Å². The van der Waals surface area contributed by atoms with Gasteiger partial charge in [-0.05, 0) is 32.0 Å². The minimum atomic E-state index is 0.509. The molecule has 0 amide bonds. The van der Waals surface area contributed by atoms with Gasteiger partial charge in [0.2, 0.25) is 0 Å². The maximum atomic E-state index is 5.89. The van der Waals surface area contributed by atoms with Crippen molar-refractivity contribution in [2.45, 2.75) is 27.0 Å². The lowest BCUT2D eigenvalue weighted by molar-refractivity contribution is 0.295. The van der Waals surface area contributed by atoms with Crippen molar-refractivity contribution in [1.29, 1.82) is 0 Å². The highest BCUT2D eigenvalue weighted by Gasteiger charge is 2.05. The van der Waals surface area contributed by atoms with Crippen LogP contribution in [0.15, 0.2) is 30.5 Å². The molecular formula is C13H15ClN2O. The Labute approximate surface area is 106 Å². The van der Waals surface area contributed by atoms with Gasteiger partial charge in [-0.1, -0.05) is 17.7 Å². The zero-order chi connectivity index (χ0) is 12.3. The fourth-order valence-electron chi connectivity index (χ4n) is 1.78. The van der Waals surface area contributed by atoms with Crippen LogP contribution < -0.4 is 4.74 Å². The number of rotatable bonds is 4. The van der Waals surface area contributed by atoms with Crippen LogP contribution in [-0.4, -0.2) is 9.55 Å². The van der Waals surface area contributed by atoms with Crippen molar-refractivity contribution in [3.63, 3.8) is 0 Å². The monoisotopic (exact) mass is 250 g/mol. The van der Waals surface area contributed by atoms with Crippen LogP contribution in [0, 0.1) is 6.92 Å². The van der Waals surface area contributed by atoms with E-state index in [2.05, 4.69) is 16.5 Å². The number of benzene rings is 1. The zero-order valence-corrected chi connectivity index (χ0v) is 10.7. The third-order valence-electron chi connectivity index (χ3n) is 2.64. The van der Waals surface area contributed by atoms with E-state index in [0.717, 1.165) is 23.8 Å². The molecule has 0 spiro atoms. The lowest BCUT2D eigenvalue weighted by atomic mass is 10.3. The van der Waals surface area contributed by atoms with Crippen molar-refractivity contribution < 1.29 is 4.74 Å². The fourth-order valence-corrected chi connectivity index (χ4v) is 1.96. The first kappa shape index (κ1) is 12.0. The number of ether oxygens (including phenoxy) is 1. The molecule has 2 aromatic rings. The molecule has 1 aromatic heterocycles. The molecule has 0 radical (unpaired) electrons. The molecule has 1 heterocycles. The van der Waals surface area contributed by atoms with E-state index >= 15 is 0 Å². The number of aryl methyl sites for hydroxylation is 1. The predicted octanol–water partition coefficient (Wildman–Crippen LogP) is 3.44. The molecular weight excluding hydrogens is 236 g/mol. The third-order valence-corrected chi connectivity index (χ3v) is 2.87. The Morgan fingerprint density at radius 1 is 1.41 bits per heavy atom. The van der Waals surface area contributed by atoms with Crippen LogP contribution in [0.3, 0.4) is 0 Å². The lowest BCUT2D eigenvalue weighted by Gasteiger charge is -2.09. The van der Waals surface area contributed by atoms with E-state index in [9.17, 15) is 0 Å². The first-order valence-corrected chi connectivity index (χ1v) is 5.98. The van der Waals surface area contributed by atoms with Gasteiger partial charge in [0.05, 0.1) is 11.9 Å². The quantitative estimate of drug-likeness (QED) is 0.831. The Kier molecular flexibility index (Phi) is 3.69. The van der Waals surface area contributed by atoms with Crippen LogP contribution in [0.1, 0.15) is 18.4 Å². The fraction of sp³-hybridized carbons (Fsp3) is 0.308. The van der Waals surface area contributed by atoms with Crippen molar-refractivity contribution in [2.75, 3.05) is 0 Å². The number of hydrogen-bond donors (Lipinski definition) is 0. The summed E-state index contributed by atoms with van der Waals surface area (Å²) in [5.41, 5.74) is 1.07. The number of imidazole rings is 1. The van der Waals surface area contributed by atoms with Gasteiger partial charge in [0, 0.05) is 11.6 Å². The molecule has 0 saturated heterocycles. The first-order chi connectivity index (χ1) is 8.20. The number of nitrogens with zero attached hydrogens (tertiary/aromatic N) is 2. The number of halogens is 1. The van der Waals surface area contributed by atoms with Gasteiger partial charge >= 0.3 is 0 Å². The summed E-state index contributed by atoms with van der Waals surface area (Å²) in [6.45, 7) is 5.50. The molecule has 0 unspecified atom stereocenters. The van der Waals surface area contributed by atoms with Gasteiger partial charge in [0.15, 0.2) is 0 Å². The first-order valence-electron chi connectivity index (χ1n) is 5.60. The average Bonchev–Trinajstić information content (AvgIpc) is 2.67. The standard InChI is InChI=1S/C13H15ClN2O/c1-3-16-10(2)15-8-12(16)9-17-13-6-4-5-11(14)7-13/h4-8H,3,9H2,1-2H3. The number of aromatic nitrogens is 2. The van der Waals surface area contributed by atoms with Gasteiger partial charge in [0.25, 0.3) is 0 Å². The Hall–Kier alpha value is -1.48. The van der Waals surface area contributed by atoms with Gasteiger partial charge < -0.3 is 9.30 Å². The predicted molar refractivity (Wildman–Crippen MR) is 68.4 cm³/mol. The summed E-state index contributed by atoms with van der Waals surface area (Å²) in [6.07, 6.45) is 1.85. The summed E-state index contributed by atoms with van der Waals surface area (Å²) in [5.74, 6) is 1.79. The largest absolute Gasteiger partial charge is 0.487 e. The molecule has 0 aliphatic heterocycles. The molecule has 0 atom stereocenters. The summed E-state index contributed by atoms with van der Waals surface area (Å²) in [4.78, 5) is 4.27. The SMILES string of the molecule is CCn1c(COc2cccc(Cl)c2)cnc1C. The van der Waals surface area contributed by atoms with Crippen LogP contribution in [0.2, 0.25) is 5.02 Å². The molecule has 0 fully saturated rings. The van der Waals surface area contributed by atoms with Crippen molar-refractivity contribution in [3.05, 3.63) is 47.0 Å². The van der Waals surface area contributed by atoms with Crippen molar-refractivity contribution in [2.24, 2.45) is 0 Å². The Morgan fingerprint density at radius 2 is 2.24 bits per heavy atom. The van der Waals surface area contributed by atoms with Gasteiger partial charge in [-0.15, -0.1) is 0 Å². The molecule has 0 aliphatic rings. The topological polar surface area (TPSA) is 27.1 Å². The van der Waals surface area contributed by atoms with E-state index < -0.39 is 0 Å². The highest BCUT2D eigenvalue weighted by molar-refractivity contribution is 6.30. The highest BCUT2D eigenvalue weighted by atomic mass is 35.5. The van der Waals surface area contributed by atoms with Gasteiger partial charge in [-0.25, -0.2) is 4.98 Å². The van der Waals surface area contributed by atoms with Crippen LogP contribution in [0.4, 0.5) is 0 Å². The van der Waals surface area contributed by atoms with Crippen LogP contribution in [0.5, 0.6) is 5.75 Å². The maximum Gasteiger partial charge on any atom is 0.130 e. The minimum Gasteiger partial charge on any atom is -0.487 e. The molecule has 0 aliphatic carbocycles. The van der Waals surface area contributed by atoms with E-state index in [1.54, 1.807) is 6.07 Å². The third kappa shape index (κ3) is 2.80. The normalized spacial score (nSPS) is 10.5. The summed E-state index contributed by atoms with van der Waals surface area (Å²) in [6, 6.07) is 7.40. The molecule has 3 nitrogen and oxygen atoms in total. The van der Waals surface area contributed by atoms with E-state index in [0.29, 0.717) is 11.6 Å². The second-order valence-electron chi connectivity index (χ2n) is 3.79. The maximum absolute atomic E-state index is 5.89. The van der Waals surface area contributed by atoms with E-state index in [-0.39, 0.29) is 0 Å². The van der Waals surface area contributed by atoms with Crippen molar-refractivity contribution >= 4 is 11.6 Å². The zero-order valence-electron chi connectivity index (χ0n) is 9.98. The van der Waals surface area contributed by atoms with E-state index in [1.807, 2.05) is 31.3 Å². The lowest BCUT2D eigenvalue weighted by Crippen LogP contribution is -2.06. The molecule has 0 saturated carbocycles. The Balaban J connectivity index is 2.07. The van der Waals surface area contributed by atoms with E-state index in [1.165, 1.54) is 0 Å². The smallest absolute Gasteiger partial charge is 0.130 e.